The second kappa shape index (κ2) is 4.68. The summed E-state index contributed by atoms with van der Waals surface area (Å²) in [5.41, 5.74) is 0.0687. The third kappa shape index (κ3) is 2.26. The van der Waals surface area contributed by atoms with Crippen molar-refractivity contribution in [3.05, 3.63) is 17.3 Å². The quantitative estimate of drug-likeness (QED) is 0.782. The van der Waals surface area contributed by atoms with Crippen molar-refractivity contribution >= 4 is 5.97 Å². The van der Waals surface area contributed by atoms with Crippen LogP contribution < -0.4 is 0 Å². The smallest absolute Gasteiger partial charge is 0.358 e. The summed E-state index contributed by atoms with van der Waals surface area (Å²) in [7, 11) is 0. The van der Waals surface area contributed by atoms with Gasteiger partial charge in [0.15, 0.2) is 11.6 Å². The number of aromatic nitrogens is 1. The largest absolute Gasteiger partial charge is 0.476 e. The van der Waals surface area contributed by atoms with Crippen molar-refractivity contribution in [1.29, 1.82) is 0 Å². The van der Waals surface area contributed by atoms with E-state index in [4.69, 9.17) is 9.52 Å². The van der Waals surface area contributed by atoms with Crippen molar-refractivity contribution in [2.24, 2.45) is 0 Å². The van der Waals surface area contributed by atoms with Crippen LogP contribution in [0.25, 0.3) is 0 Å². The number of oxazole rings is 1. The summed E-state index contributed by atoms with van der Waals surface area (Å²) in [5, 5.41) is 8.91. The number of rotatable bonds is 2. The highest BCUT2D eigenvalue weighted by atomic mass is 16.4. The van der Waals surface area contributed by atoms with Crippen molar-refractivity contribution in [3.8, 4) is 0 Å². The van der Waals surface area contributed by atoms with Crippen LogP contribution in [0.15, 0.2) is 4.42 Å². The number of aryl methyl sites for hydroxylation is 1. The Hall–Kier alpha value is -1.32. The van der Waals surface area contributed by atoms with Gasteiger partial charge in [0.05, 0.1) is 0 Å². The van der Waals surface area contributed by atoms with Crippen molar-refractivity contribution in [3.63, 3.8) is 0 Å². The van der Waals surface area contributed by atoms with Crippen LogP contribution >= 0.6 is 0 Å². The first-order valence-electron chi connectivity index (χ1n) is 5.89. The first-order chi connectivity index (χ1) is 7.68. The fraction of sp³-hybridized carbons (Fsp3) is 0.667. The number of carboxylic acid groups (broad SMARTS) is 1. The van der Waals surface area contributed by atoms with Crippen LogP contribution in [-0.2, 0) is 0 Å². The summed E-state index contributed by atoms with van der Waals surface area (Å²) < 4.78 is 5.48. The van der Waals surface area contributed by atoms with Gasteiger partial charge in [-0.2, -0.15) is 0 Å². The van der Waals surface area contributed by atoms with Crippen LogP contribution in [0.3, 0.4) is 0 Å². The van der Waals surface area contributed by atoms with Crippen LogP contribution in [0.1, 0.15) is 66.6 Å². The summed E-state index contributed by atoms with van der Waals surface area (Å²) >= 11 is 0. The molecule has 0 aliphatic heterocycles. The fourth-order valence-corrected chi connectivity index (χ4v) is 2.32. The number of hydrogen-bond acceptors (Lipinski definition) is 3. The minimum absolute atomic E-state index is 0.0687. The summed E-state index contributed by atoms with van der Waals surface area (Å²) in [4.78, 5) is 15.0. The molecule has 1 aliphatic rings. The molecule has 16 heavy (non-hydrogen) atoms. The molecular formula is C12H17NO3. The van der Waals surface area contributed by atoms with E-state index in [2.05, 4.69) is 4.98 Å². The third-order valence-electron chi connectivity index (χ3n) is 3.22. The third-order valence-corrected chi connectivity index (χ3v) is 3.22. The summed E-state index contributed by atoms with van der Waals surface area (Å²) in [6.45, 7) is 1.66. The van der Waals surface area contributed by atoms with Crippen LogP contribution in [0.5, 0.6) is 0 Å². The van der Waals surface area contributed by atoms with E-state index >= 15 is 0 Å². The normalized spacial score (nSPS) is 18.3. The van der Waals surface area contributed by atoms with Crippen molar-refractivity contribution in [1.82, 2.24) is 4.98 Å². The van der Waals surface area contributed by atoms with Crippen LogP contribution in [0.4, 0.5) is 0 Å². The van der Waals surface area contributed by atoms with Crippen molar-refractivity contribution < 1.29 is 14.3 Å². The van der Waals surface area contributed by atoms with Gasteiger partial charge in [-0.3, -0.25) is 0 Å². The molecular weight excluding hydrogens is 206 g/mol. The molecule has 1 heterocycles. The molecule has 1 N–H and O–H groups in total. The molecule has 88 valence electrons. The second-order valence-corrected chi connectivity index (χ2v) is 4.45. The van der Waals surface area contributed by atoms with E-state index in [0.717, 1.165) is 12.8 Å². The van der Waals surface area contributed by atoms with E-state index in [1.165, 1.54) is 25.7 Å². The monoisotopic (exact) mass is 223 g/mol. The van der Waals surface area contributed by atoms with Gasteiger partial charge in [0.25, 0.3) is 0 Å². The zero-order valence-corrected chi connectivity index (χ0v) is 9.53. The number of nitrogens with zero attached hydrogens (tertiary/aromatic N) is 1. The fourth-order valence-electron chi connectivity index (χ4n) is 2.32. The number of hydrogen-bond donors (Lipinski definition) is 1. The van der Waals surface area contributed by atoms with Gasteiger partial charge in [-0.25, -0.2) is 9.78 Å². The van der Waals surface area contributed by atoms with E-state index < -0.39 is 5.97 Å². The van der Waals surface area contributed by atoms with E-state index in [0.29, 0.717) is 17.6 Å². The molecule has 4 nitrogen and oxygen atoms in total. The Morgan fingerprint density at radius 2 is 1.94 bits per heavy atom. The van der Waals surface area contributed by atoms with Crippen LogP contribution in [0.2, 0.25) is 0 Å². The summed E-state index contributed by atoms with van der Waals surface area (Å²) in [5.74, 6) is 0.360. The van der Waals surface area contributed by atoms with E-state index in [9.17, 15) is 4.79 Å². The number of carbonyl (C=O) groups is 1. The van der Waals surface area contributed by atoms with Gasteiger partial charge >= 0.3 is 5.97 Å². The van der Waals surface area contributed by atoms with Crippen LogP contribution in [-0.4, -0.2) is 16.1 Å². The lowest BCUT2D eigenvalue weighted by molar-refractivity contribution is 0.0689. The summed E-state index contributed by atoms with van der Waals surface area (Å²) in [6, 6.07) is 0. The molecule has 1 aromatic heterocycles. The minimum atomic E-state index is -0.999. The Kier molecular flexibility index (Phi) is 3.27. The molecule has 0 radical (unpaired) electrons. The van der Waals surface area contributed by atoms with Crippen molar-refractivity contribution in [2.45, 2.75) is 51.4 Å². The molecule has 1 saturated carbocycles. The zero-order valence-electron chi connectivity index (χ0n) is 9.53. The highest BCUT2D eigenvalue weighted by Crippen LogP contribution is 2.31. The maximum atomic E-state index is 10.9. The SMILES string of the molecule is Cc1oc(C2CCCCCC2)nc1C(=O)O. The summed E-state index contributed by atoms with van der Waals surface area (Å²) in [6.07, 6.45) is 7.05. The Morgan fingerprint density at radius 3 is 2.44 bits per heavy atom. The number of aromatic carboxylic acids is 1. The van der Waals surface area contributed by atoms with Gasteiger partial charge < -0.3 is 9.52 Å². The average Bonchev–Trinajstić information content (AvgIpc) is 2.50. The average molecular weight is 223 g/mol. The van der Waals surface area contributed by atoms with Crippen LogP contribution in [0, 0.1) is 6.92 Å². The van der Waals surface area contributed by atoms with E-state index in [1.807, 2.05) is 0 Å². The van der Waals surface area contributed by atoms with Gasteiger partial charge in [0.1, 0.15) is 5.76 Å². The van der Waals surface area contributed by atoms with E-state index in [-0.39, 0.29) is 5.69 Å². The lowest BCUT2D eigenvalue weighted by Crippen LogP contribution is -2.01. The molecule has 0 aromatic carbocycles. The molecule has 0 bridgehead atoms. The molecule has 2 rings (SSSR count). The zero-order chi connectivity index (χ0) is 11.5. The first-order valence-corrected chi connectivity index (χ1v) is 5.89. The molecule has 0 saturated heterocycles. The Labute approximate surface area is 94.7 Å². The molecule has 1 fully saturated rings. The van der Waals surface area contributed by atoms with Gasteiger partial charge in [0, 0.05) is 5.92 Å². The highest BCUT2D eigenvalue weighted by molar-refractivity contribution is 5.86. The molecule has 1 aromatic rings. The first kappa shape index (κ1) is 11.2. The Morgan fingerprint density at radius 1 is 1.31 bits per heavy atom. The topological polar surface area (TPSA) is 63.3 Å². The van der Waals surface area contributed by atoms with Gasteiger partial charge in [-0.05, 0) is 19.8 Å². The Bertz CT molecular complexity index is 376. The molecule has 0 amide bonds. The lowest BCUT2D eigenvalue weighted by Gasteiger charge is -2.08. The number of carboxylic acids is 1. The van der Waals surface area contributed by atoms with Crippen molar-refractivity contribution in [2.75, 3.05) is 0 Å². The van der Waals surface area contributed by atoms with E-state index in [1.54, 1.807) is 6.92 Å². The predicted octanol–water partition coefficient (Wildman–Crippen LogP) is 3.12. The van der Waals surface area contributed by atoms with Gasteiger partial charge in [-0.1, -0.05) is 25.7 Å². The highest BCUT2D eigenvalue weighted by Gasteiger charge is 2.23. The maximum Gasteiger partial charge on any atom is 0.358 e. The van der Waals surface area contributed by atoms with Gasteiger partial charge in [-0.15, -0.1) is 0 Å². The predicted molar refractivity (Wildman–Crippen MR) is 58.6 cm³/mol. The van der Waals surface area contributed by atoms with Gasteiger partial charge in [0.2, 0.25) is 0 Å². The molecule has 0 atom stereocenters. The molecule has 0 unspecified atom stereocenters. The Balaban J connectivity index is 2.19. The maximum absolute atomic E-state index is 10.9. The minimum Gasteiger partial charge on any atom is -0.476 e. The molecule has 0 spiro atoms. The molecule has 1 aliphatic carbocycles. The second-order valence-electron chi connectivity index (χ2n) is 4.45. The lowest BCUT2D eigenvalue weighted by atomic mass is 10.0. The molecule has 4 heteroatoms. The standard InChI is InChI=1S/C12H17NO3/c1-8-10(12(14)15)13-11(16-8)9-6-4-2-3-5-7-9/h9H,2-7H2,1H3,(H,14,15).